The lowest BCUT2D eigenvalue weighted by atomic mass is 9.92. The third-order valence-corrected chi connectivity index (χ3v) is 6.67. The summed E-state index contributed by atoms with van der Waals surface area (Å²) in [6.45, 7) is -0.599. The Morgan fingerprint density at radius 2 is 1.42 bits per heavy atom. The summed E-state index contributed by atoms with van der Waals surface area (Å²) >= 11 is 0. The van der Waals surface area contributed by atoms with Crippen LogP contribution in [-0.4, -0.2) is 51.9 Å². The largest absolute Gasteiger partial charge is 0.459 e. The quantitative estimate of drug-likeness (QED) is 0.189. The van der Waals surface area contributed by atoms with Gasteiger partial charge in [0.1, 0.15) is 14.1 Å². The molecule has 11 heteroatoms. The van der Waals surface area contributed by atoms with Crippen LogP contribution in [0.4, 0.5) is 0 Å². The normalized spacial score (nSPS) is 21.0. The van der Waals surface area contributed by atoms with Crippen molar-refractivity contribution in [1.29, 1.82) is 0 Å². The van der Waals surface area contributed by atoms with Crippen LogP contribution in [0.25, 0.3) is 0 Å². The standard InChI is InChI=1S/C32H24N2O9/c1-2-32(43-30(38)23-16-10-5-11-17-23)24(20-40-28(36)21-12-6-3-7-13-21)41-27(34-19-18-25(35)33-31(34)39)26(32)42-29(37)22-14-8-4-9-15-22/h1,3-19,24,26-27H,20H2,(H,33,35,39)/t24-,26+,27?,32-/m1/s1/i1D. The number of carbonyl (C=O) groups excluding carboxylic acids is 3. The number of hydrogen-bond donors (Lipinski definition) is 1. The molecule has 1 unspecified atom stereocenters. The summed E-state index contributed by atoms with van der Waals surface area (Å²) in [6, 6.07) is 24.7. The lowest BCUT2D eigenvalue weighted by Crippen LogP contribution is -2.54. The Labute approximate surface area is 246 Å². The summed E-state index contributed by atoms with van der Waals surface area (Å²) in [5, 5.41) is 0. The molecule has 0 aliphatic carbocycles. The maximum Gasteiger partial charge on any atom is 0.339 e. The van der Waals surface area contributed by atoms with E-state index in [0.717, 1.165) is 16.8 Å². The Bertz CT molecular complexity index is 1830. The molecule has 0 saturated carbocycles. The second kappa shape index (κ2) is 12.4. The molecule has 0 radical (unpaired) electrons. The fourth-order valence-electron chi connectivity index (χ4n) is 4.54. The van der Waals surface area contributed by atoms with Gasteiger partial charge in [-0.25, -0.2) is 19.2 Å². The second-order valence-electron chi connectivity index (χ2n) is 9.36. The van der Waals surface area contributed by atoms with Crippen molar-refractivity contribution >= 4 is 17.9 Å². The van der Waals surface area contributed by atoms with Crippen molar-refractivity contribution in [2.75, 3.05) is 6.61 Å². The molecule has 1 N–H and O–H groups in total. The van der Waals surface area contributed by atoms with Crippen LogP contribution in [0.15, 0.2) is 113 Å². The molecule has 1 aliphatic heterocycles. The van der Waals surface area contributed by atoms with Crippen LogP contribution in [0.3, 0.4) is 0 Å². The topological polar surface area (TPSA) is 143 Å². The molecule has 4 aromatic rings. The summed E-state index contributed by atoms with van der Waals surface area (Å²) < 4.78 is 32.1. The van der Waals surface area contributed by atoms with E-state index in [1.807, 2.05) is 6.40 Å². The number of rotatable bonds is 8. The van der Waals surface area contributed by atoms with E-state index >= 15 is 0 Å². The van der Waals surface area contributed by atoms with Gasteiger partial charge in [0, 0.05) is 12.3 Å². The molecule has 43 heavy (non-hydrogen) atoms. The first-order chi connectivity index (χ1) is 21.3. The van der Waals surface area contributed by atoms with Gasteiger partial charge >= 0.3 is 23.6 Å². The maximum absolute atomic E-state index is 13.5. The van der Waals surface area contributed by atoms with Gasteiger partial charge in [0.2, 0.25) is 11.7 Å². The zero-order valence-electron chi connectivity index (χ0n) is 23.4. The number of carbonyl (C=O) groups is 3. The van der Waals surface area contributed by atoms with Gasteiger partial charge in [-0.3, -0.25) is 14.3 Å². The monoisotopic (exact) mass is 581 g/mol. The lowest BCUT2D eigenvalue weighted by Gasteiger charge is -2.33. The number of nitrogens with zero attached hydrogens (tertiary/aromatic N) is 1. The summed E-state index contributed by atoms with van der Waals surface area (Å²) in [5.74, 6) is -0.0661. The van der Waals surface area contributed by atoms with Crippen LogP contribution < -0.4 is 11.2 Å². The minimum Gasteiger partial charge on any atom is -0.459 e. The average Bonchev–Trinajstić information content (AvgIpc) is 3.32. The summed E-state index contributed by atoms with van der Waals surface area (Å²) in [4.78, 5) is 66.6. The zero-order valence-corrected chi connectivity index (χ0v) is 22.4. The van der Waals surface area contributed by atoms with E-state index in [2.05, 4.69) is 10.9 Å². The highest BCUT2D eigenvalue weighted by Gasteiger charge is 2.63. The molecular weight excluding hydrogens is 556 g/mol. The predicted octanol–water partition coefficient (Wildman–Crippen LogP) is 2.75. The minimum absolute atomic E-state index is 0.0940. The van der Waals surface area contributed by atoms with E-state index in [9.17, 15) is 24.0 Å². The molecular formula is C32H24N2O9. The highest BCUT2D eigenvalue weighted by Crippen LogP contribution is 2.42. The molecule has 2 heterocycles. The Morgan fingerprint density at radius 3 is 1.98 bits per heavy atom. The van der Waals surface area contributed by atoms with Crippen molar-refractivity contribution in [2.24, 2.45) is 0 Å². The molecule has 5 rings (SSSR count). The van der Waals surface area contributed by atoms with Crippen molar-refractivity contribution in [1.82, 2.24) is 9.55 Å². The third-order valence-electron chi connectivity index (χ3n) is 6.67. The van der Waals surface area contributed by atoms with Crippen molar-refractivity contribution in [2.45, 2.75) is 24.0 Å². The molecule has 0 bridgehead atoms. The smallest absolute Gasteiger partial charge is 0.339 e. The summed E-state index contributed by atoms with van der Waals surface area (Å²) in [5.41, 5.74) is -3.51. The van der Waals surface area contributed by atoms with Gasteiger partial charge in [0.25, 0.3) is 5.56 Å². The SMILES string of the molecule is [2H]C#C[C@@]1(OC(=O)c2ccccc2)[C@@H](COC(=O)c2ccccc2)OC(n2ccc(=O)[nH]c2=O)[C@@H]1OC(=O)c1ccccc1. The number of nitrogens with one attached hydrogen (secondary N) is 1. The molecule has 1 aromatic heterocycles. The Morgan fingerprint density at radius 1 is 0.860 bits per heavy atom. The van der Waals surface area contributed by atoms with Gasteiger partial charge in [-0.15, -0.1) is 6.40 Å². The molecule has 216 valence electrons. The lowest BCUT2D eigenvalue weighted by molar-refractivity contribution is -0.0784. The fraction of sp³-hybridized carbons (Fsp3) is 0.156. The van der Waals surface area contributed by atoms with Crippen molar-refractivity contribution < 1.29 is 34.7 Å². The van der Waals surface area contributed by atoms with E-state index in [1.54, 1.807) is 54.6 Å². The van der Waals surface area contributed by atoms with E-state index in [1.165, 1.54) is 36.4 Å². The molecule has 0 spiro atoms. The number of ether oxygens (including phenoxy) is 4. The second-order valence-corrected chi connectivity index (χ2v) is 9.36. The maximum atomic E-state index is 13.5. The van der Waals surface area contributed by atoms with Crippen LogP contribution in [0.1, 0.15) is 38.7 Å². The third kappa shape index (κ3) is 6.00. The van der Waals surface area contributed by atoms with Crippen molar-refractivity contribution in [3.05, 3.63) is 141 Å². The fourth-order valence-corrected chi connectivity index (χ4v) is 4.54. The molecule has 0 amide bonds. The Hall–Kier alpha value is -5.73. The van der Waals surface area contributed by atoms with Crippen molar-refractivity contribution in [3.8, 4) is 12.3 Å². The van der Waals surface area contributed by atoms with Crippen LogP contribution in [0.5, 0.6) is 0 Å². The van der Waals surface area contributed by atoms with Crippen LogP contribution >= 0.6 is 0 Å². The number of terminal acetylenes is 1. The van der Waals surface area contributed by atoms with E-state index < -0.39 is 59.8 Å². The van der Waals surface area contributed by atoms with Crippen LogP contribution in [-0.2, 0) is 18.9 Å². The first-order valence-corrected chi connectivity index (χ1v) is 13.0. The molecule has 4 atom stereocenters. The number of benzene rings is 3. The van der Waals surface area contributed by atoms with Gasteiger partial charge < -0.3 is 18.9 Å². The molecule has 1 fully saturated rings. The first-order valence-electron chi connectivity index (χ1n) is 13.5. The van der Waals surface area contributed by atoms with Crippen LogP contribution in [0.2, 0.25) is 0 Å². The van der Waals surface area contributed by atoms with Gasteiger partial charge in [0.05, 0.1) is 16.7 Å². The Balaban J connectivity index is 1.62. The highest BCUT2D eigenvalue weighted by molar-refractivity contribution is 5.91. The van der Waals surface area contributed by atoms with Gasteiger partial charge in [0.15, 0.2) is 6.23 Å². The number of H-pyrrole nitrogens is 1. The molecule has 11 nitrogen and oxygen atoms in total. The van der Waals surface area contributed by atoms with Crippen molar-refractivity contribution in [3.63, 3.8) is 0 Å². The van der Waals surface area contributed by atoms with E-state index in [-0.39, 0.29) is 16.7 Å². The number of aromatic nitrogens is 2. The zero-order chi connectivity index (χ0) is 31.1. The average molecular weight is 582 g/mol. The number of esters is 3. The minimum atomic E-state index is -2.28. The summed E-state index contributed by atoms with van der Waals surface area (Å²) in [7, 11) is 0. The van der Waals surface area contributed by atoms with E-state index in [0.29, 0.717) is 0 Å². The molecule has 1 aliphatic rings. The molecule has 1 saturated heterocycles. The number of hydrogen-bond acceptors (Lipinski definition) is 9. The summed E-state index contributed by atoms with van der Waals surface area (Å²) in [6.07, 6.45) is -1.69. The van der Waals surface area contributed by atoms with Gasteiger partial charge in [-0.05, 0) is 36.4 Å². The predicted molar refractivity (Wildman–Crippen MR) is 151 cm³/mol. The molecule has 3 aromatic carbocycles. The van der Waals surface area contributed by atoms with E-state index in [4.69, 9.17) is 20.3 Å². The highest BCUT2D eigenvalue weighted by atomic mass is 16.7. The van der Waals surface area contributed by atoms with Crippen LogP contribution in [0, 0.1) is 12.3 Å². The Kier molecular flexibility index (Phi) is 7.93. The first kappa shape index (κ1) is 27.4. The van der Waals surface area contributed by atoms with Gasteiger partial charge in [-0.2, -0.15) is 0 Å². The number of aromatic amines is 1. The van der Waals surface area contributed by atoms with Gasteiger partial charge in [-0.1, -0.05) is 60.5 Å².